The van der Waals surface area contributed by atoms with Gasteiger partial charge in [-0.1, -0.05) is 17.7 Å². The summed E-state index contributed by atoms with van der Waals surface area (Å²) in [5.41, 5.74) is 0.625. The summed E-state index contributed by atoms with van der Waals surface area (Å²) in [5, 5.41) is 7.25. The Hall–Kier alpha value is -1.40. The fraction of sp³-hybridized carbons (Fsp3) is 0.182. The minimum absolute atomic E-state index is 0.191. The lowest BCUT2D eigenvalue weighted by Gasteiger charge is -2.13. The zero-order chi connectivity index (χ0) is 13.1. The van der Waals surface area contributed by atoms with Crippen LogP contribution < -0.4 is 5.32 Å². The Balaban J connectivity index is 2.14. The first-order chi connectivity index (χ1) is 8.59. The lowest BCUT2D eigenvalue weighted by molar-refractivity contribution is -0.119. The van der Waals surface area contributed by atoms with E-state index < -0.39 is 6.04 Å². The average Bonchev–Trinajstić information content (AvgIpc) is 2.87. The van der Waals surface area contributed by atoms with Crippen molar-refractivity contribution in [3.05, 3.63) is 40.3 Å². The van der Waals surface area contributed by atoms with Crippen molar-refractivity contribution in [2.75, 3.05) is 5.32 Å². The number of carbonyl (C=O) groups excluding carboxylic acids is 1. The van der Waals surface area contributed by atoms with Crippen molar-refractivity contribution in [1.82, 2.24) is 14.8 Å². The van der Waals surface area contributed by atoms with Gasteiger partial charge in [-0.25, -0.2) is 9.67 Å². The van der Waals surface area contributed by atoms with Crippen LogP contribution in [0.3, 0.4) is 0 Å². The highest BCUT2D eigenvalue weighted by Gasteiger charge is 2.16. The Bertz CT molecular complexity index is 558. The van der Waals surface area contributed by atoms with E-state index in [0.717, 1.165) is 0 Å². The standard InChI is InChI=1S/C11H10BrClN4O/c1-7(17-6-14-5-15-17)11(18)16-9-4-2-3-8(13)10(9)12/h2-7H,1H3,(H,16,18)/t7-/m0/s1. The Morgan fingerprint density at radius 1 is 1.56 bits per heavy atom. The molecule has 1 atom stereocenters. The van der Waals surface area contributed by atoms with E-state index in [1.54, 1.807) is 25.1 Å². The molecule has 7 heteroatoms. The van der Waals surface area contributed by atoms with E-state index in [-0.39, 0.29) is 5.91 Å². The number of nitrogens with zero attached hydrogens (tertiary/aromatic N) is 3. The van der Waals surface area contributed by atoms with Gasteiger partial charge in [0.05, 0.1) is 15.2 Å². The van der Waals surface area contributed by atoms with Crippen LogP contribution in [-0.2, 0) is 4.79 Å². The maximum atomic E-state index is 12.0. The Morgan fingerprint density at radius 2 is 2.33 bits per heavy atom. The van der Waals surface area contributed by atoms with E-state index in [1.807, 2.05) is 0 Å². The Kier molecular flexibility index (Phi) is 3.98. The molecule has 1 aromatic heterocycles. The molecule has 0 spiro atoms. The van der Waals surface area contributed by atoms with Gasteiger partial charge in [-0.05, 0) is 35.0 Å². The van der Waals surface area contributed by atoms with Crippen LogP contribution in [0.2, 0.25) is 5.02 Å². The minimum atomic E-state index is -0.446. The molecule has 0 fully saturated rings. The number of halogens is 2. The molecule has 0 saturated heterocycles. The number of benzene rings is 1. The van der Waals surface area contributed by atoms with Crippen LogP contribution in [0.5, 0.6) is 0 Å². The maximum absolute atomic E-state index is 12.0. The number of carbonyl (C=O) groups is 1. The van der Waals surface area contributed by atoms with Gasteiger partial charge in [0.1, 0.15) is 18.7 Å². The summed E-state index contributed by atoms with van der Waals surface area (Å²) in [4.78, 5) is 15.8. The predicted molar refractivity (Wildman–Crippen MR) is 72.5 cm³/mol. The quantitative estimate of drug-likeness (QED) is 0.942. The van der Waals surface area contributed by atoms with E-state index in [1.165, 1.54) is 17.3 Å². The van der Waals surface area contributed by atoms with Crippen LogP contribution in [0, 0.1) is 0 Å². The summed E-state index contributed by atoms with van der Waals surface area (Å²) >= 11 is 9.28. The predicted octanol–water partition coefficient (Wildman–Crippen LogP) is 2.89. The molecule has 0 bridgehead atoms. The summed E-state index contributed by atoms with van der Waals surface area (Å²) in [5.74, 6) is -0.191. The van der Waals surface area contributed by atoms with Crippen LogP contribution in [0.4, 0.5) is 5.69 Å². The van der Waals surface area contributed by atoms with Crippen molar-refractivity contribution in [3.8, 4) is 0 Å². The third-order valence-corrected chi connectivity index (χ3v) is 3.82. The Labute approximate surface area is 117 Å². The molecule has 0 aliphatic heterocycles. The topological polar surface area (TPSA) is 59.8 Å². The largest absolute Gasteiger partial charge is 0.323 e. The van der Waals surface area contributed by atoms with Gasteiger partial charge in [0.25, 0.3) is 0 Å². The summed E-state index contributed by atoms with van der Waals surface area (Å²) in [7, 11) is 0. The van der Waals surface area contributed by atoms with Gasteiger partial charge in [-0.2, -0.15) is 5.10 Å². The van der Waals surface area contributed by atoms with Crippen molar-refractivity contribution < 1.29 is 4.79 Å². The molecular weight excluding hydrogens is 320 g/mol. The second-order valence-electron chi connectivity index (χ2n) is 3.64. The van der Waals surface area contributed by atoms with E-state index in [0.29, 0.717) is 15.2 Å². The van der Waals surface area contributed by atoms with Gasteiger partial charge in [0.15, 0.2) is 0 Å². The molecule has 0 unspecified atom stereocenters. The van der Waals surface area contributed by atoms with Crippen LogP contribution in [0.15, 0.2) is 35.3 Å². The first-order valence-corrected chi connectivity index (χ1v) is 6.35. The van der Waals surface area contributed by atoms with Crippen molar-refractivity contribution >= 4 is 39.1 Å². The zero-order valence-corrected chi connectivity index (χ0v) is 11.8. The second-order valence-corrected chi connectivity index (χ2v) is 4.84. The molecule has 94 valence electrons. The van der Waals surface area contributed by atoms with Crippen molar-refractivity contribution in [2.24, 2.45) is 0 Å². The third kappa shape index (κ3) is 2.70. The molecule has 1 aromatic carbocycles. The summed E-state index contributed by atoms with van der Waals surface area (Å²) in [6.07, 6.45) is 2.89. The van der Waals surface area contributed by atoms with E-state index in [4.69, 9.17) is 11.6 Å². The molecule has 0 aliphatic carbocycles. The highest BCUT2D eigenvalue weighted by atomic mass is 79.9. The van der Waals surface area contributed by atoms with Gasteiger partial charge in [0.2, 0.25) is 5.91 Å². The Morgan fingerprint density at radius 3 is 3.00 bits per heavy atom. The molecule has 1 N–H and O–H groups in total. The number of nitrogens with one attached hydrogen (secondary N) is 1. The molecule has 1 amide bonds. The zero-order valence-electron chi connectivity index (χ0n) is 9.47. The van der Waals surface area contributed by atoms with Gasteiger partial charge < -0.3 is 5.32 Å². The first-order valence-electron chi connectivity index (χ1n) is 5.18. The van der Waals surface area contributed by atoms with Crippen LogP contribution in [0.25, 0.3) is 0 Å². The molecular formula is C11H10BrClN4O. The van der Waals surface area contributed by atoms with Gasteiger partial charge in [-0.15, -0.1) is 0 Å². The molecule has 5 nitrogen and oxygen atoms in total. The van der Waals surface area contributed by atoms with Crippen molar-refractivity contribution in [2.45, 2.75) is 13.0 Å². The van der Waals surface area contributed by atoms with Gasteiger partial charge in [0, 0.05) is 0 Å². The fourth-order valence-electron chi connectivity index (χ4n) is 1.38. The summed E-state index contributed by atoms with van der Waals surface area (Å²) in [6.45, 7) is 1.74. The van der Waals surface area contributed by atoms with Crippen LogP contribution in [-0.4, -0.2) is 20.7 Å². The fourth-order valence-corrected chi connectivity index (χ4v) is 1.91. The van der Waals surface area contributed by atoms with E-state index in [2.05, 4.69) is 31.3 Å². The number of anilines is 1. The lowest BCUT2D eigenvalue weighted by atomic mass is 10.2. The number of amides is 1. The first kappa shape index (κ1) is 13.0. The normalized spacial score (nSPS) is 12.2. The van der Waals surface area contributed by atoms with Crippen LogP contribution in [0.1, 0.15) is 13.0 Å². The minimum Gasteiger partial charge on any atom is -0.323 e. The maximum Gasteiger partial charge on any atom is 0.249 e. The number of hydrogen-bond acceptors (Lipinski definition) is 3. The molecule has 0 saturated carbocycles. The second kappa shape index (κ2) is 5.49. The highest BCUT2D eigenvalue weighted by molar-refractivity contribution is 9.10. The molecule has 0 radical (unpaired) electrons. The van der Waals surface area contributed by atoms with E-state index in [9.17, 15) is 4.79 Å². The van der Waals surface area contributed by atoms with Gasteiger partial charge >= 0.3 is 0 Å². The molecule has 18 heavy (non-hydrogen) atoms. The number of hydrogen-bond donors (Lipinski definition) is 1. The van der Waals surface area contributed by atoms with Crippen molar-refractivity contribution in [1.29, 1.82) is 0 Å². The summed E-state index contributed by atoms with van der Waals surface area (Å²) < 4.78 is 2.14. The monoisotopic (exact) mass is 328 g/mol. The van der Waals surface area contributed by atoms with E-state index >= 15 is 0 Å². The SMILES string of the molecule is C[C@@H](C(=O)Nc1cccc(Cl)c1Br)n1cncn1. The van der Waals surface area contributed by atoms with Crippen molar-refractivity contribution in [3.63, 3.8) is 0 Å². The number of aromatic nitrogens is 3. The molecule has 2 rings (SSSR count). The highest BCUT2D eigenvalue weighted by Crippen LogP contribution is 2.30. The molecule has 0 aliphatic rings. The lowest BCUT2D eigenvalue weighted by Crippen LogP contribution is -2.24. The third-order valence-electron chi connectivity index (χ3n) is 2.42. The molecule has 2 aromatic rings. The average molecular weight is 330 g/mol. The van der Waals surface area contributed by atoms with Gasteiger partial charge in [-0.3, -0.25) is 4.79 Å². The number of rotatable bonds is 3. The summed E-state index contributed by atoms with van der Waals surface area (Å²) in [6, 6.07) is 4.82. The van der Waals surface area contributed by atoms with Crippen LogP contribution >= 0.6 is 27.5 Å². The molecule has 1 heterocycles. The smallest absolute Gasteiger partial charge is 0.249 e.